The molecule has 0 aromatic heterocycles. The SMILES string of the molecule is OCCOc1ccc(C2(c3ccc(OCCO)c4ccccc34)c3ccccc3-c3ccc(-c4cccc5ccccc45)cc32)c2ccccc12. The number of benzene rings is 8. The Morgan fingerprint density at radius 1 is 0.392 bits per heavy atom. The van der Waals surface area contributed by atoms with Gasteiger partial charge in [-0.1, -0.05) is 140 Å². The van der Waals surface area contributed by atoms with Gasteiger partial charge in [0.1, 0.15) is 24.7 Å². The maximum Gasteiger partial charge on any atom is 0.127 e. The number of hydrogen-bond acceptors (Lipinski definition) is 4. The van der Waals surface area contributed by atoms with Crippen LogP contribution in [0.2, 0.25) is 0 Å². The lowest BCUT2D eigenvalue weighted by molar-refractivity contribution is 0.203. The standard InChI is InChI=1S/C47H36O4/c48-26-28-50-45-24-22-42(36-14-3-5-16-39(36)45)47(43-23-25-46(51-29-27-49)40-17-6-4-15-37(40)43)41-19-8-7-13-35(41)38-21-20-32(30-44(38)47)34-18-9-11-31-10-1-2-12-33(31)34/h1-25,30,48-49H,26-29H2. The molecule has 4 nitrogen and oxygen atoms in total. The molecule has 0 bridgehead atoms. The van der Waals surface area contributed by atoms with Crippen LogP contribution in [0.1, 0.15) is 22.3 Å². The molecular weight excluding hydrogens is 629 g/mol. The minimum Gasteiger partial charge on any atom is -0.491 e. The van der Waals surface area contributed by atoms with Gasteiger partial charge in [-0.15, -0.1) is 0 Å². The highest BCUT2D eigenvalue weighted by Crippen LogP contribution is 2.59. The summed E-state index contributed by atoms with van der Waals surface area (Å²) >= 11 is 0. The minimum atomic E-state index is -0.739. The summed E-state index contributed by atoms with van der Waals surface area (Å²) in [5.74, 6) is 1.49. The first kappa shape index (κ1) is 31.1. The van der Waals surface area contributed by atoms with Crippen molar-refractivity contribution in [2.45, 2.75) is 5.41 Å². The third-order valence-corrected chi connectivity index (χ3v) is 10.4. The van der Waals surface area contributed by atoms with Crippen molar-refractivity contribution in [3.05, 3.63) is 180 Å². The molecule has 9 rings (SSSR count). The van der Waals surface area contributed by atoms with E-state index in [0.29, 0.717) is 0 Å². The molecule has 8 aromatic carbocycles. The van der Waals surface area contributed by atoms with Gasteiger partial charge in [0.05, 0.1) is 18.6 Å². The van der Waals surface area contributed by atoms with Crippen LogP contribution in [0, 0.1) is 0 Å². The molecule has 0 radical (unpaired) electrons. The molecule has 248 valence electrons. The molecule has 51 heavy (non-hydrogen) atoms. The van der Waals surface area contributed by atoms with Gasteiger partial charge in [0.15, 0.2) is 0 Å². The van der Waals surface area contributed by atoms with Crippen molar-refractivity contribution in [3.63, 3.8) is 0 Å². The molecule has 0 saturated heterocycles. The van der Waals surface area contributed by atoms with Crippen molar-refractivity contribution < 1.29 is 19.7 Å². The van der Waals surface area contributed by atoms with Gasteiger partial charge in [-0.25, -0.2) is 0 Å². The number of fused-ring (bicyclic) bond motifs is 6. The fraction of sp³-hybridized carbons (Fsp3) is 0.106. The zero-order valence-electron chi connectivity index (χ0n) is 28.1. The maximum atomic E-state index is 9.65. The topological polar surface area (TPSA) is 58.9 Å². The van der Waals surface area contributed by atoms with Crippen LogP contribution in [-0.2, 0) is 5.41 Å². The molecule has 0 aliphatic heterocycles. The molecule has 0 amide bonds. The maximum absolute atomic E-state index is 9.65. The zero-order chi connectivity index (χ0) is 34.4. The van der Waals surface area contributed by atoms with E-state index in [2.05, 4.69) is 146 Å². The van der Waals surface area contributed by atoms with Gasteiger partial charge in [0, 0.05) is 10.8 Å². The summed E-state index contributed by atoms with van der Waals surface area (Å²) in [5, 5.41) is 25.9. The van der Waals surface area contributed by atoms with Crippen molar-refractivity contribution in [1.29, 1.82) is 0 Å². The summed E-state index contributed by atoms with van der Waals surface area (Å²) in [6, 6.07) is 56.3. The third kappa shape index (κ3) is 4.83. The highest BCUT2D eigenvalue weighted by molar-refractivity contribution is 6.03. The number of rotatable bonds is 9. The van der Waals surface area contributed by atoms with E-state index >= 15 is 0 Å². The summed E-state index contributed by atoms with van der Waals surface area (Å²) in [5.41, 5.74) is 8.70. The lowest BCUT2D eigenvalue weighted by atomic mass is 9.65. The van der Waals surface area contributed by atoms with Crippen molar-refractivity contribution in [2.75, 3.05) is 26.4 Å². The molecule has 8 aromatic rings. The first-order chi connectivity index (χ1) is 25.2. The van der Waals surface area contributed by atoms with E-state index < -0.39 is 5.41 Å². The summed E-state index contributed by atoms with van der Waals surface area (Å²) in [6.45, 7) is 0.311. The molecule has 2 N–H and O–H groups in total. The van der Waals surface area contributed by atoms with E-state index in [-0.39, 0.29) is 26.4 Å². The Balaban J connectivity index is 1.43. The Bertz CT molecular complexity index is 2490. The predicted octanol–water partition coefficient (Wildman–Crippen LogP) is 9.92. The molecule has 0 saturated carbocycles. The van der Waals surface area contributed by atoms with Crippen LogP contribution in [0.3, 0.4) is 0 Å². The van der Waals surface area contributed by atoms with Crippen LogP contribution in [0.5, 0.6) is 11.5 Å². The second-order valence-electron chi connectivity index (χ2n) is 13.0. The van der Waals surface area contributed by atoms with Crippen molar-refractivity contribution in [3.8, 4) is 33.8 Å². The third-order valence-electron chi connectivity index (χ3n) is 10.4. The van der Waals surface area contributed by atoms with Gasteiger partial charge in [0.2, 0.25) is 0 Å². The fourth-order valence-corrected chi connectivity index (χ4v) is 8.41. The van der Waals surface area contributed by atoms with Crippen molar-refractivity contribution >= 4 is 32.3 Å². The van der Waals surface area contributed by atoms with Crippen LogP contribution in [-0.4, -0.2) is 36.6 Å². The lowest BCUT2D eigenvalue weighted by Gasteiger charge is -2.36. The Hall–Kier alpha value is -5.94. The number of aliphatic hydroxyl groups is 2. The van der Waals surface area contributed by atoms with Gasteiger partial charge in [0.25, 0.3) is 0 Å². The van der Waals surface area contributed by atoms with Crippen LogP contribution >= 0.6 is 0 Å². The molecule has 1 aliphatic carbocycles. The Morgan fingerprint density at radius 2 is 0.902 bits per heavy atom. The van der Waals surface area contributed by atoms with Gasteiger partial charge >= 0.3 is 0 Å². The summed E-state index contributed by atoms with van der Waals surface area (Å²) in [4.78, 5) is 0. The van der Waals surface area contributed by atoms with Gasteiger partial charge in [-0.05, 0) is 84.3 Å². The first-order valence-electron chi connectivity index (χ1n) is 17.5. The van der Waals surface area contributed by atoms with E-state index in [9.17, 15) is 10.2 Å². The average molecular weight is 665 g/mol. The normalized spacial score (nSPS) is 13.0. The number of aliphatic hydroxyl groups excluding tert-OH is 2. The fourth-order valence-electron chi connectivity index (χ4n) is 8.41. The Kier molecular flexibility index (Phi) is 7.76. The largest absolute Gasteiger partial charge is 0.491 e. The summed E-state index contributed by atoms with van der Waals surface area (Å²) in [6.07, 6.45) is 0. The second kappa shape index (κ2) is 12.7. The van der Waals surface area contributed by atoms with E-state index in [1.54, 1.807) is 0 Å². The monoisotopic (exact) mass is 664 g/mol. The highest BCUT2D eigenvalue weighted by Gasteiger charge is 2.48. The Morgan fingerprint density at radius 3 is 1.55 bits per heavy atom. The Labute approximate surface area is 296 Å². The molecule has 0 spiro atoms. The van der Waals surface area contributed by atoms with Gasteiger partial charge in [-0.2, -0.15) is 0 Å². The molecule has 0 heterocycles. The minimum absolute atomic E-state index is 0.0611. The van der Waals surface area contributed by atoms with Crippen molar-refractivity contribution in [2.24, 2.45) is 0 Å². The smallest absolute Gasteiger partial charge is 0.127 e. The molecule has 0 atom stereocenters. The van der Waals surface area contributed by atoms with Crippen molar-refractivity contribution in [1.82, 2.24) is 0 Å². The molecule has 0 fully saturated rings. The quantitative estimate of drug-likeness (QED) is 0.161. The average Bonchev–Trinajstić information content (AvgIpc) is 3.48. The predicted molar refractivity (Wildman–Crippen MR) is 207 cm³/mol. The molecule has 0 unspecified atom stereocenters. The van der Waals surface area contributed by atoms with Crippen LogP contribution in [0.4, 0.5) is 0 Å². The van der Waals surface area contributed by atoms with Crippen LogP contribution < -0.4 is 9.47 Å². The number of hydrogen-bond donors (Lipinski definition) is 2. The molecule has 4 heteroatoms. The van der Waals surface area contributed by atoms with E-state index in [1.807, 2.05) is 12.1 Å². The highest BCUT2D eigenvalue weighted by atomic mass is 16.5. The van der Waals surface area contributed by atoms with E-state index in [1.165, 1.54) is 38.6 Å². The van der Waals surface area contributed by atoms with Crippen LogP contribution in [0.25, 0.3) is 54.6 Å². The molecular formula is C47H36O4. The summed E-state index contributed by atoms with van der Waals surface area (Å²) < 4.78 is 12.2. The number of ether oxygens (including phenoxy) is 2. The lowest BCUT2D eigenvalue weighted by Crippen LogP contribution is -2.29. The first-order valence-corrected chi connectivity index (χ1v) is 17.5. The zero-order valence-corrected chi connectivity index (χ0v) is 28.1. The van der Waals surface area contributed by atoms with E-state index in [4.69, 9.17) is 9.47 Å². The van der Waals surface area contributed by atoms with Crippen LogP contribution in [0.15, 0.2) is 158 Å². The molecule has 1 aliphatic rings. The second-order valence-corrected chi connectivity index (χ2v) is 13.0. The van der Waals surface area contributed by atoms with Gasteiger partial charge in [-0.3, -0.25) is 0 Å². The summed E-state index contributed by atoms with van der Waals surface area (Å²) in [7, 11) is 0. The van der Waals surface area contributed by atoms with E-state index in [0.717, 1.165) is 49.7 Å². The van der Waals surface area contributed by atoms with Gasteiger partial charge < -0.3 is 19.7 Å².